The zero-order valence-electron chi connectivity index (χ0n) is 13.4. The summed E-state index contributed by atoms with van der Waals surface area (Å²) < 4.78 is 38.9. The maximum atomic E-state index is 12.5. The number of halogens is 3. The minimum atomic E-state index is -4.44. The topological polar surface area (TPSA) is 116 Å². The smallest absolute Gasteiger partial charge is 0.416 e. The third kappa shape index (κ3) is 4.72. The Bertz CT molecular complexity index is 800. The Morgan fingerprint density at radius 1 is 1.23 bits per heavy atom. The Kier molecular flexibility index (Phi) is 5.21. The lowest BCUT2D eigenvalue weighted by Gasteiger charge is -2.18. The SMILES string of the molecule is CC(O)(CNC(=O)Nc1cnn(-c2ccc(C(F)(F)F)cc2)c1)C(=O)O. The molecule has 0 bridgehead atoms. The third-order valence-corrected chi connectivity index (χ3v) is 3.35. The highest BCUT2D eigenvalue weighted by atomic mass is 19.4. The fourth-order valence-electron chi connectivity index (χ4n) is 1.84. The number of alkyl halides is 3. The number of urea groups is 1. The van der Waals surface area contributed by atoms with Crippen molar-refractivity contribution in [2.45, 2.75) is 18.7 Å². The van der Waals surface area contributed by atoms with Gasteiger partial charge in [-0.05, 0) is 31.2 Å². The number of nitrogens with one attached hydrogen (secondary N) is 2. The summed E-state index contributed by atoms with van der Waals surface area (Å²) in [5.74, 6) is -1.49. The van der Waals surface area contributed by atoms with Crippen molar-refractivity contribution in [2.24, 2.45) is 0 Å². The summed E-state index contributed by atoms with van der Waals surface area (Å²) >= 11 is 0. The normalized spacial score (nSPS) is 13.7. The van der Waals surface area contributed by atoms with Crippen molar-refractivity contribution in [1.82, 2.24) is 15.1 Å². The molecule has 0 fully saturated rings. The van der Waals surface area contributed by atoms with Crippen molar-refractivity contribution in [3.8, 4) is 5.69 Å². The van der Waals surface area contributed by atoms with E-state index in [1.165, 1.54) is 29.2 Å². The first-order valence-corrected chi connectivity index (χ1v) is 7.22. The number of aliphatic hydroxyl groups is 1. The van der Waals surface area contributed by atoms with Gasteiger partial charge >= 0.3 is 18.2 Å². The monoisotopic (exact) mass is 372 g/mol. The van der Waals surface area contributed by atoms with Crippen LogP contribution < -0.4 is 10.6 Å². The summed E-state index contributed by atoms with van der Waals surface area (Å²) in [6.45, 7) is 0.499. The van der Waals surface area contributed by atoms with Gasteiger partial charge in [-0.25, -0.2) is 14.3 Å². The van der Waals surface area contributed by atoms with Crippen LogP contribution in [0.1, 0.15) is 12.5 Å². The molecule has 1 aromatic carbocycles. The van der Waals surface area contributed by atoms with Crippen molar-refractivity contribution >= 4 is 17.7 Å². The number of aromatic nitrogens is 2. The molecule has 0 radical (unpaired) electrons. The van der Waals surface area contributed by atoms with E-state index in [2.05, 4.69) is 15.7 Å². The van der Waals surface area contributed by atoms with Crippen molar-refractivity contribution in [1.29, 1.82) is 0 Å². The Morgan fingerprint density at radius 3 is 2.38 bits per heavy atom. The molecule has 1 aromatic heterocycles. The molecule has 4 N–H and O–H groups in total. The van der Waals surface area contributed by atoms with Crippen LogP contribution >= 0.6 is 0 Å². The molecule has 0 aliphatic carbocycles. The Balaban J connectivity index is 1.99. The molecule has 1 heterocycles. The molecular weight excluding hydrogens is 357 g/mol. The predicted molar refractivity (Wildman–Crippen MR) is 83.8 cm³/mol. The van der Waals surface area contributed by atoms with Gasteiger partial charge in [0.15, 0.2) is 5.60 Å². The fraction of sp³-hybridized carbons (Fsp3) is 0.267. The molecular formula is C15H15F3N4O4. The summed E-state index contributed by atoms with van der Waals surface area (Å²) in [4.78, 5) is 22.4. The van der Waals surface area contributed by atoms with E-state index < -0.39 is 35.9 Å². The highest BCUT2D eigenvalue weighted by Gasteiger charge is 2.31. The van der Waals surface area contributed by atoms with Crippen molar-refractivity contribution in [2.75, 3.05) is 11.9 Å². The second-order valence-corrected chi connectivity index (χ2v) is 5.60. The van der Waals surface area contributed by atoms with Crippen molar-refractivity contribution in [3.05, 3.63) is 42.2 Å². The lowest BCUT2D eigenvalue weighted by molar-refractivity contribution is -0.155. The molecule has 26 heavy (non-hydrogen) atoms. The zero-order valence-corrected chi connectivity index (χ0v) is 13.4. The van der Waals surface area contributed by atoms with Gasteiger partial charge in [-0.2, -0.15) is 18.3 Å². The minimum Gasteiger partial charge on any atom is -0.479 e. The number of hydrogen-bond acceptors (Lipinski definition) is 4. The van der Waals surface area contributed by atoms with E-state index in [4.69, 9.17) is 5.11 Å². The van der Waals surface area contributed by atoms with Crippen LogP contribution in [-0.2, 0) is 11.0 Å². The number of carboxylic acid groups (broad SMARTS) is 1. The molecule has 0 aliphatic rings. The summed E-state index contributed by atoms with van der Waals surface area (Å²) in [6.07, 6.45) is -1.82. The number of benzene rings is 1. The Hall–Kier alpha value is -3.08. The molecule has 140 valence electrons. The summed E-state index contributed by atoms with van der Waals surface area (Å²) in [7, 11) is 0. The van der Waals surface area contributed by atoms with Crippen LogP contribution in [0.4, 0.5) is 23.7 Å². The molecule has 11 heteroatoms. The van der Waals surface area contributed by atoms with E-state index in [0.29, 0.717) is 5.69 Å². The number of rotatable bonds is 5. The van der Waals surface area contributed by atoms with E-state index in [0.717, 1.165) is 19.1 Å². The number of hydrogen-bond donors (Lipinski definition) is 4. The second kappa shape index (κ2) is 7.04. The van der Waals surface area contributed by atoms with Gasteiger partial charge in [-0.1, -0.05) is 0 Å². The number of aliphatic carboxylic acids is 1. The number of carbonyl (C=O) groups excluding carboxylic acids is 1. The molecule has 0 aliphatic heterocycles. The molecule has 0 saturated heterocycles. The molecule has 0 spiro atoms. The van der Waals surface area contributed by atoms with E-state index in [1.54, 1.807) is 0 Å². The van der Waals surface area contributed by atoms with Gasteiger partial charge in [-0.15, -0.1) is 0 Å². The van der Waals surface area contributed by atoms with Gasteiger partial charge in [0, 0.05) is 0 Å². The maximum absolute atomic E-state index is 12.5. The number of anilines is 1. The molecule has 2 amide bonds. The Morgan fingerprint density at radius 2 is 1.85 bits per heavy atom. The van der Waals surface area contributed by atoms with Crippen molar-refractivity contribution in [3.63, 3.8) is 0 Å². The highest BCUT2D eigenvalue weighted by Crippen LogP contribution is 2.29. The van der Waals surface area contributed by atoms with E-state index in [-0.39, 0.29) is 5.69 Å². The first kappa shape index (κ1) is 19.2. The highest BCUT2D eigenvalue weighted by molar-refractivity contribution is 5.89. The van der Waals surface area contributed by atoms with Crippen LogP contribution in [0.3, 0.4) is 0 Å². The fourth-order valence-corrected chi connectivity index (χ4v) is 1.84. The first-order chi connectivity index (χ1) is 12.0. The molecule has 1 atom stereocenters. The van der Waals surface area contributed by atoms with Crippen LogP contribution in [-0.4, -0.2) is 44.1 Å². The number of carbonyl (C=O) groups is 2. The van der Waals surface area contributed by atoms with Crippen LogP contribution in [0.5, 0.6) is 0 Å². The maximum Gasteiger partial charge on any atom is 0.416 e. The Labute approximate surface area is 145 Å². The first-order valence-electron chi connectivity index (χ1n) is 7.22. The van der Waals surface area contributed by atoms with E-state index in [9.17, 15) is 27.9 Å². The van der Waals surface area contributed by atoms with Crippen molar-refractivity contribution < 1.29 is 33.0 Å². The lowest BCUT2D eigenvalue weighted by atomic mass is 10.1. The lowest BCUT2D eigenvalue weighted by Crippen LogP contribution is -2.47. The molecule has 8 nitrogen and oxygen atoms in total. The quantitative estimate of drug-likeness (QED) is 0.639. The third-order valence-electron chi connectivity index (χ3n) is 3.35. The van der Waals surface area contributed by atoms with E-state index >= 15 is 0 Å². The van der Waals surface area contributed by atoms with Crippen LogP contribution in [0.25, 0.3) is 5.69 Å². The molecule has 1 unspecified atom stereocenters. The van der Waals surface area contributed by atoms with Crippen LogP contribution in [0, 0.1) is 0 Å². The molecule has 2 rings (SSSR count). The largest absolute Gasteiger partial charge is 0.479 e. The molecule has 2 aromatic rings. The average Bonchev–Trinajstić information content (AvgIpc) is 3.00. The average molecular weight is 372 g/mol. The van der Waals surface area contributed by atoms with Gasteiger partial charge < -0.3 is 20.8 Å². The van der Waals surface area contributed by atoms with Crippen LogP contribution in [0.2, 0.25) is 0 Å². The zero-order chi connectivity index (χ0) is 19.5. The summed E-state index contributed by atoms with van der Waals surface area (Å²) in [5, 5.41) is 26.7. The van der Waals surface area contributed by atoms with Gasteiger partial charge in [0.1, 0.15) is 0 Å². The summed E-state index contributed by atoms with van der Waals surface area (Å²) in [6, 6.07) is 3.49. The number of nitrogens with zero attached hydrogens (tertiary/aromatic N) is 2. The predicted octanol–water partition coefficient (Wildman–Crippen LogP) is 1.85. The standard InChI is InChI=1S/C15H15F3N4O4/c1-14(26,12(23)24)8-19-13(25)21-10-6-20-22(7-10)11-4-2-9(3-5-11)15(16,17)18/h2-7,26H,8H2,1H3,(H,23,24)(H2,19,21,25). The van der Waals surface area contributed by atoms with Gasteiger partial charge in [0.05, 0.1) is 35.9 Å². The second-order valence-electron chi connectivity index (χ2n) is 5.60. The number of carboxylic acids is 1. The van der Waals surface area contributed by atoms with E-state index in [1.807, 2.05) is 0 Å². The molecule has 0 saturated carbocycles. The van der Waals surface area contributed by atoms with Gasteiger partial charge in [0.2, 0.25) is 0 Å². The minimum absolute atomic E-state index is 0.220. The number of amides is 2. The van der Waals surface area contributed by atoms with Crippen LogP contribution in [0.15, 0.2) is 36.7 Å². The van der Waals surface area contributed by atoms with Gasteiger partial charge in [-0.3, -0.25) is 0 Å². The van der Waals surface area contributed by atoms with Gasteiger partial charge in [0.25, 0.3) is 0 Å². The summed E-state index contributed by atoms with van der Waals surface area (Å²) in [5.41, 5.74) is -2.35.